The zero-order valence-corrected chi connectivity index (χ0v) is 21.1. The van der Waals surface area contributed by atoms with Crippen LogP contribution < -0.4 is 15.4 Å². The van der Waals surface area contributed by atoms with Gasteiger partial charge < -0.3 is 20.1 Å². The van der Waals surface area contributed by atoms with E-state index >= 15 is 0 Å². The van der Waals surface area contributed by atoms with Crippen LogP contribution in [0, 0.1) is 5.92 Å². The summed E-state index contributed by atoms with van der Waals surface area (Å²) in [5.74, 6) is 3.36. The van der Waals surface area contributed by atoms with Gasteiger partial charge >= 0.3 is 0 Å². The van der Waals surface area contributed by atoms with Gasteiger partial charge in [0.05, 0.1) is 20.3 Å². The number of rotatable bonds is 11. The molecule has 2 N–H and O–H groups in total. The lowest BCUT2D eigenvalue weighted by molar-refractivity contribution is 0.0376. The number of ether oxygens (including phenoxy) is 2. The SMILES string of the molecule is CCNC(=NCC(C)CSc1ccccc1OC)NCCCN1CCOCC1.I. The van der Waals surface area contributed by atoms with Gasteiger partial charge in [-0.15, -0.1) is 35.7 Å². The molecule has 0 bridgehead atoms. The highest BCUT2D eigenvalue weighted by Crippen LogP contribution is 2.29. The van der Waals surface area contributed by atoms with Crippen LogP contribution in [0.3, 0.4) is 0 Å². The molecule has 0 spiro atoms. The fourth-order valence-electron chi connectivity index (χ4n) is 2.95. The molecule has 29 heavy (non-hydrogen) atoms. The molecule has 1 unspecified atom stereocenters. The maximum absolute atomic E-state index is 5.43. The molecule has 1 aliphatic heterocycles. The molecule has 8 heteroatoms. The van der Waals surface area contributed by atoms with Crippen molar-refractivity contribution in [1.82, 2.24) is 15.5 Å². The lowest BCUT2D eigenvalue weighted by atomic mass is 10.2. The zero-order valence-electron chi connectivity index (χ0n) is 18.0. The van der Waals surface area contributed by atoms with Crippen LogP contribution in [-0.4, -0.2) is 76.2 Å². The minimum Gasteiger partial charge on any atom is -0.496 e. The minimum absolute atomic E-state index is 0. The summed E-state index contributed by atoms with van der Waals surface area (Å²) in [6, 6.07) is 8.18. The number of nitrogens with zero attached hydrogens (tertiary/aromatic N) is 2. The normalized spacial score (nSPS) is 16.0. The Hall–Kier alpha value is -0.710. The topological polar surface area (TPSA) is 58.1 Å². The number of para-hydroxylation sites is 1. The van der Waals surface area contributed by atoms with Gasteiger partial charge in [-0.2, -0.15) is 0 Å². The quantitative estimate of drug-likeness (QED) is 0.149. The van der Waals surface area contributed by atoms with Gasteiger partial charge in [0.25, 0.3) is 0 Å². The van der Waals surface area contributed by atoms with E-state index in [9.17, 15) is 0 Å². The van der Waals surface area contributed by atoms with E-state index in [-0.39, 0.29) is 24.0 Å². The van der Waals surface area contributed by atoms with Crippen molar-refractivity contribution in [3.63, 3.8) is 0 Å². The first-order chi connectivity index (χ1) is 13.7. The van der Waals surface area contributed by atoms with Crippen molar-refractivity contribution < 1.29 is 9.47 Å². The highest BCUT2D eigenvalue weighted by molar-refractivity contribution is 14.0. The molecular weight excluding hydrogens is 499 g/mol. The summed E-state index contributed by atoms with van der Waals surface area (Å²) >= 11 is 1.83. The van der Waals surface area contributed by atoms with Gasteiger partial charge in [0.1, 0.15) is 5.75 Å². The summed E-state index contributed by atoms with van der Waals surface area (Å²) in [4.78, 5) is 8.42. The number of aliphatic imine (C=N–C) groups is 1. The van der Waals surface area contributed by atoms with Crippen LogP contribution >= 0.6 is 35.7 Å². The van der Waals surface area contributed by atoms with Gasteiger partial charge in [-0.05, 0) is 37.9 Å². The zero-order chi connectivity index (χ0) is 20.0. The van der Waals surface area contributed by atoms with Gasteiger partial charge in [0.2, 0.25) is 0 Å². The molecule has 0 aromatic heterocycles. The lowest BCUT2D eigenvalue weighted by Crippen LogP contribution is -2.41. The number of thioether (sulfide) groups is 1. The Bertz CT molecular complexity index is 586. The molecule has 0 amide bonds. The van der Waals surface area contributed by atoms with Crippen LogP contribution in [0.5, 0.6) is 5.75 Å². The molecule has 166 valence electrons. The van der Waals surface area contributed by atoms with Gasteiger partial charge in [0.15, 0.2) is 5.96 Å². The smallest absolute Gasteiger partial charge is 0.191 e. The number of methoxy groups -OCH3 is 1. The Kier molecular flexibility index (Phi) is 14.6. The highest BCUT2D eigenvalue weighted by Gasteiger charge is 2.10. The molecule has 1 aliphatic rings. The third kappa shape index (κ3) is 10.8. The number of hydrogen-bond donors (Lipinski definition) is 2. The van der Waals surface area contributed by atoms with Crippen molar-refractivity contribution in [2.75, 3.05) is 65.3 Å². The number of nitrogens with one attached hydrogen (secondary N) is 2. The van der Waals surface area contributed by atoms with E-state index < -0.39 is 0 Å². The van der Waals surface area contributed by atoms with Gasteiger partial charge in [-0.3, -0.25) is 9.89 Å². The summed E-state index contributed by atoms with van der Waals surface area (Å²) < 4.78 is 10.8. The summed E-state index contributed by atoms with van der Waals surface area (Å²) in [5.41, 5.74) is 0. The molecule has 1 heterocycles. The van der Waals surface area contributed by atoms with Crippen molar-refractivity contribution in [2.45, 2.75) is 25.2 Å². The average molecular weight is 537 g/mol. The third-order valence-corrected chi connectivity index (χ3v) is 5.93. The van der Waals surface area contributed by atoms with Gasteiger partial charge in [-0.1, -0.05) is 19.1 Å². The van der Waals surface area contributed by atoms with Crippen LogP contribution in [0.1, 0.15) is 20.3 Å². The average Bonchev–Trinajstić information content (AvgIpc) is 2.74. The van der Waals surface area contributed by atoms with E-state index in [1.165, 1.54) is 4.90 Å². The Labute approximate surface area is 197 Å². The molecule has 6 nitrogen and oxygen atoms in total. The molecular formula is C21H37IN4O2S. The molecule has 1 atom stereocenters. The van der Waals surface area contributed by atoms with Crippen LogP contribution in [-0.2, 0) is 4.74 Å². The molecule has 1 aromatic carbocycles. The van der Waals surface area contributed by atoms with Crippen molar-refractivity contribution in [3.8, 4) is 5.75 Å². The monoisotopic (exact) mass is 536 g/mol. The Morgan fingerprint density at radius 1 is 1.28 bits per heavy atom. The number of hydrogen-bond acceptors (Lipinski definition) is 5. The summed E-state index contributed by atoms with van der Waals surface area (Å²) in [7, 11) is 1.72. The standard InChI is InChI=1S/C21H36N4O2S.HI/c1-4-22-21(23-10-7-11-25-12-14-27-15-13-25)24-16-18(2)17-28-20-9-6-5-8-19(20)26-3;/h5-6,8-9,18H,4,7,10-17H2,1-3H3,(H2,22,23,24);1H. The van der Waals surface area contributed by atoms with E-state index in [1.54, 1.807) is 7.11 Å². The molecule has 1 aromatic rings. The van der Waals surface area contributed by atoms with Crippen LogP contribution in [0.25, 0.3) is 0 Å². The number of benzene rings is 1. The first-order valence-electron chi connectivity index (χ1n) is 10.3. The number of morpholine rings is 1. The second kappa shape index (κ2) is 16.0. The molecule has 0 radical (unpaired) electrons. The largest absolute Gasteiger partial charge is 0.496 e. The van der Waals surface area contributed by atoms with E-state index in [0.29, 0.717) is 5.92 Å². The fraction of sp³-hybridized carbons (Fsp3) is 0.667. The molecule has 2 rings (SSSR count). The maximum atomic E-state index is 5.43. The molecule has 0 saturated carbocycles. The fourth-order valence-corrected chi connectivity index (χ4v) is 3.98. The second-order valence-electron chi connectivity index (χ2n) is 7.02. The summed E-state index contributed by atoms with van der Waals surface area (Å²) in [6.45, 7) is 11.9. The lowest BCUT2D eigenvalue weighted by Gasteiger charge is -2.26. The van der Waals surface area contributed by atoms with Crippen LogP contribution in [0.15, 0.2) is 34.2 Å². The summed E-state index contributed by atoms with van der Waals surface area (Å²) in [5, 5.41) is 6.81. The first-order valence-corrected chi connectivity index (χ1v) is 11.3. The first kappa shape index (κ1) is 26.3. The van der Waals surface area contributed by atoms with Gasteiger partial charge in [-0.25, -0.2) is 0 Å². The van der Waals surface area contributed by atoms with Crippen molar-refractivity contribution in [2.24, 2.45) is 10.9 Å². The Morgan fingerprint density at radius 3 is 2.76 bits per heavy atom. The Balaban J connectivity index is 0.00000420. The highest BCUT2D eigenvalue weighted by atomic mass is 127. The molecule has 1 fully saturated rings. The van der Waals surface area contributed by atoms with Crippen molar-refractivity contribution >= 4 is 41.7 Å². The number of guanidine groups is 1. The minimum atomic E-state index is 0. The third-order valence-electron chi connectivity index (χ3n) is 4.54. The van der Waals surface area contributed by atoms with Crippen LogP contribution in [0.4, 0.5) is 0 Å². The van der Waals surface area contributed by atoms with E-state index in [2.05, 4.69) is 41.5 Å². The van der Waals surface area contributed by atoms with Gasteiger partial charge in [0, 0.05) is 43.4 Å². The molecule has 1 saturated heterocycles. The maximum Gasteiger partial charge on any atom is 0.191 e. The van der Waals surface area contributed by atoms with E-state index in [4.69, 9.17) is 14.5 Å². The number of halogens is 1. The Morgan fingerprint density at radius 2 is 2.03 bits per heavy atom. The van der Waals surface area contributed by atoms with Crippen LogP contribution in [0.2, 0.25) is 0 Å². The van der Waals surface area contributed by atoms with E-state index in [1.807, 2.05) is 23.9 Å². The molecule has 0 aliphatic carbocycles. The van der Waals surface area contributed by atoms with E-state index in [0.717, 1.165) is 76.4 Å². The second-order valence-corrected chi connectivity index (χ2v) is 8.08. The van der Waals surface area contributed by atoms with Crippen molar-refractivity contribution in [1.29, 1.82) is 0 Å². The predicted octanol–water partition coefficient (Wildman–Crippen LogP) is 3.32. The van der Waals surface area contributed by atoms with Crippen molar-refractivity contribution in [3.05, 3.63) is 24.3 Å². The summed E-state index contributed by atoms with van der Waals surface area (Å²) in [6.07, 6.45) is 1.11. The predicted molar refractivity (Wildman–Crippen MR) is 134 cm³/mol.